The number of aliphatic hydroxyl groups is 1. The minimum absolute atomic E-state index is 0.0955. The molecule has 1 saturated carbocycles. The molecule has 1 saturated heterocycles. The van der Waals surface area contributed by atoms with Gasteiger partial charge in [0.15, 0.2) is 17.5 Å². The molecule has 2 aliphatic rings. The molecule has 0 aromatic carbocycles. The highest BCUT2D eigenvalue weighted by Crippen LogP contribution is 2.41. The van der Waals surface area contributed by atoms with Gasteiger partial charge in [-0.3, -0.25) is 4.98 Å². The van der Waals surface area contributed by atoms with Crippen LogP contribution in [0, 0.1) is 5.82 Å². The van der Waals surface area contributed by atoms with E-state index in [1.165, 1.54) is 24.8 Å². The van der Waals surface area contributed by atoms with Gasteiger partial charge >= 0.3 is 0 Å². The molecule has 0 bridgehead atoms. The van der Waals surface area contributed by atoms with Gasteiger partial charge in [0.05, 0.1) is 23.9 Å². The predicted molar refractivity (Wildman–Crippen MR) is 136 cm³/mol. The van der Waals surface area contributed by atoms with Crippen LogP contribution in [0.15, 0.2) is 49.1 Å². The molecule has 6 rings (SSSR count). The minimum Gasteiger partial charge on any atom is -0.390 e. The number of pyridine rings is 3. The van der Waals surface area contributed by atoms with E-state index in [0.29, 0.717) is 35.5 Å². The molecule has 184 valence electrons. The normalized spacial score (nSPS) is 20.2. The summed E-state index contributed by atoms with van der Waals surface area (Å²) in [5.41, 5.74) is 2.62. The van der Waals surface area contributed by atoms with Crippen LogP contribution < -0.4 is 16.0 Å². The van der Waals surface area contributed by atoms with Crippen LogP contribution in [0.4, 0.5) is 21.8 Å². The van der Waals surface area contributed by atoms with Crippen molar-refractivity contribution < 1.29 is 9.50 Å². The molecule has 2 atom stereocenters. The Morgan fingerprint density at radius 1 is 1.03 bits per heavy atom. The molecule has 10 heteroatoms. The molecule has 1 aliphatic carbocycles. The third-order valence-corrected chi connectivity index (χ3v) is 6.98. The summed E-state index contributed by atoms with van der Waals surface area (Å²) in [5.74, 6) is 1.70. The standard InChI is InChI=1S/C26H27FN8O/c27-18-5-2-8-31-25(18)34-22-11-16(6-10-30-22)24-33-20-13-29-12-17(15-3-1-4-15)23(20)26(35-24)32-19-7-9-28-14-21(19)36/h2,5-6,8,10-13,15,19,21,28,36H,1,3-4,7,9,14H2,(H,30,31,34)(H,32,33,35). The molecule has 5 heterocycles. The number of fused-ring (bicyclic) bond motifs is 1. The lowest BCUT2D eigenvalue weighted by Gasteiger charge is -2.31. The first-order chi connectivity index (χ1) is 17.7. The number of aromatic nitrogens is 5. The molecule has 2 unspecified atom stereocenters. The van der Waals surface area contributed by atoms with Gasteiger partial charge in [-0.05, 0) is 61.6 Å². The SMILES string of the molecule is OC1CNCCC1Nc1nc(-c2ccnc(Nc3ncccc3F)c2)nc2cncc(C3CCC3)c12. The number of rotatable bonds is 6. The summed E-state index contributed by atoms with van der Waals surface area (Å²) in [6.07, 6.45) is 10.5. The number of piperidine rings is 1. The number of hydrogen-bond acceptors (Lipinski definition) is 9. The zero-order valence-corrected chi connectivity index (χ0v) is 19.7. The second-order valence-corrected chi connectivity index (χ2v) is 9.35. The molecule has 9 nitrogen and oxygen atoms in total. The highest BCUT2D eigenvalue weighted by atomic mass is 19.1. The Balaban J connectivity index is 1.42. The lowest BCUT2D eigenvalue weighted by Crippen LogP contribution is -2.47. The lowest BCUT2D eigenvalue weighted by molar-refractivity contribution is 0.128. The van der Waals surface area contributed by atoms with Crippen LogP contribution >= 0.6 is 0 Å². The van der Waals surface area contributed by atoms with Crippen molar-refractivity contribution in [2.75, 3.05) is 23.7 Å². The zero-order chi connectivity index (χ0) is 24.5. The fourth-order valence-corrected chi connectivity index (χ4v) is 4.79. The van der Waals surface area contributed by atoms with Crippen LogP contribution in [0.1, 0.15) is 37.2 Å². The van der Waals surface area contributed by atoms with Crippen molar-refractivity contribution in [3.05, 3.63) is 60.4 Å². The molecule has 36 heavy (non-hydrogen) atoms. The van der Waals surface area contributed by atoms with Gasteiger partial charge in [-0.1, -0.05) is 6.42 Å². The number of hydrogen-bond donors (Lipinski definition) is 4. The van der Waals surface area contributed by atoms with E-state index < -0.39 is 11.9 Å². The van der Waals surface area contributed by atoms with Gasteiger partial charge in [-0.15, -0.1) is 0 Å². The van der Waals surface area contributed by atoms with Crippen molar-refractivity contribution in [2.24, 2.45) is 0 Å². The first-order valence-electron chi connectivity index (χ1n) is 12.3. The zero-order valence-electron chi connectivity index (χ0n) is 19.7. The van der Waals surface area contributed by atoms with Crippen molar-refractivity contribution in [1.29, 1.82) is 0 Å². The van der Waals surface area contributed by atoms with Gasteiger partial charge in [-0.25, -0.2) is 24.3 Å². The van der Waals surface area contributed by atoms with Crippen molar-refractivity contribution in [2.45, 2.75) is 43.7 Å². The average molecular weight is 487 g/mol. The van der Waals surface area contributed by atoms with E-state index in [1.54, 1.807) is 18.5 Å². The second kappa shape index (κ2) is 9.71. The summed E-state index contributed by atoms with van der Waals surface area (Å²) >= 11 is 0. The van der Waals surface area contributed by atoms with Crippen molar-refractivity contribution in [3.63, 3.8) is 0 Å². The Morgan fingerprint density at radius 3 is 2.75 bits per heavy atom. The van der Waals surface area contributed by atoms with E-state index in [2.05, 4.69) is 30.9 Å². The number of halogens is 1. The van der Waals surface area contributed by atoms with Crippen LogP contribution in [0.2, 0.25) is 0 Å². The Morgan fingerprint density at radius 2 is 1.94 bits per heavy atom. The monoisotopic (exact) mass is 486 g/mol. The summed E-state index contributed by atoms with van der Waals surface area (Å²) < 4.78 is 14.1. The largest absolute Gasteiger partial charge is 0.390 e. The number of nitrogens with zero attached hydrogens (tertiary/aromatic N) is 5. The third-order valence-electron chi connectivity index (χ3n) is 6.98. The van der Waals surface area contributed by atoms with Crippen LogP contribution in [-0.4, -0.2) is 55.3 Å². The summed E-state index contributed by atoms with van der Waals surface area (Å²) in [7, 11) is 0. The van der Waals surface area contributed by atoms with Gasteiger partial charge < -0.3 is 21.1 Å². The first-order valence-corrected chi connectivity index (χ1v) is 12.3. The Labute approximate surface area is 207 Å². The maximum Gasteiger partial charge on any atom is 0.167 e. The fraction of sp³-hybridized carbons (Fsp3) is 0.346. The van der Waals surface area contributed by atoms with Gasteiger partial charge in [0.2, 0.25) is 0 Å². The number of β-amino-alcohol motifs (C(OH)–C–C–N with tert-alkyl or cyclic N) is 1. The molecule has 0 spiro atoms. The van der Waals surface area contributed by atoms with E-state index >= 15 is 0 Å². The van der Waals surface area contributed by atoms with Crippen LogP contribution in [0.3, 0.4) is 0 Å². The van der Waals surface area contributed by atoms with Gasteiger partial charge in [0, 0.05) is 36.1 Å². The predicted octanol–water partition coefficient (Wildman–Crippen LogP) is 3.77. The molecule has 4 aromatic heterocycles. The Hall–Kier alpha value is -3.76. The summed E-state index contributed by atoms with van der Waals surface area (Å²) in [5, 5.41) is 21.2. The Bertz CT molecular complexity index is 1400. The van der Waals surface area contributed by atoms with E-state index in [1.807, 2.05) is 12.3 Å². The van der Waals surface area contributed by atoms with Gasteiger partial charge in [0.1, 0.15) is 11.6 Å². The summed E-state index contributed by atoms with van der Waals surface area (Å²) in [6, 6.07) is 6.33. The number of aliphatic hydroxyl groups excluding tert-OH is 1. The lowest BCUT2D eigenvalue weighted by atomic mass is 9.79. The molecule has 1 aliphatic heterocycles. The highest BCUT2D eigenvalue weighted by molar-refractivity contribution is 5.93. The van der Waals surface area contributed by atoms with Crippen molar-refractivity contribution in [3.8, 4) is 11.4 Å². The number of nitrogens with one attached hydrogen (secondary N) is 3. The maximum atomic E-state index is 14.1. The van der Waals surface area contributed by atoms with Crippen LogP contribution in [0.25, 0.3) is 22.3 Å². The quantitative estimate of drug-likeness (QED) is 0.323. The third kappa shape index (κ3) is 4.45. The molecule has 4 N–H and O–H groups in total. The van der Waals surface area contributed by atoms with Gasteiger partial charge in [-0.2, -0.15) is 0 Å². The Kier molecular flexibility index (Phi) is 6.12. The topological polar surface area (TPSA) is 121 Å². The second-order valence-electron chi connectivity index (χ2n) is 9.35. The van der Waals surface area contributed by atoms with Gasteiger partial charge in [0.25, 0.3) is 0 Å². The minimum atomic E-state index is -0.522. The maximum absolute atomic E-state index is 14.1. The molecular formula is C26H27FN8O. The van der Waals surface area contributed by atoms with Crippen molar-refractivity contribution >= 4 is 28.4 Å². The molecule has 2 fully saturated rings. The van der Waals surface area contributed by atoms with Crippen molar-refractivity contribution in [1.82, 2.24) is 30.2 Å². The summed E-state index contributed by atoms with van der Waals surface area (Å²) in [4.78, 5) is 22.6. The fourth-order valence-electron chi connectivity index (χ4n) is 4.79. The molecule has 0 amide bonds. The smallest absolute Gasteiger partial charge is 0.167 e. The van der Waals surface area contributed by atoms with Crippen LogP contribution in [-0.2, 0) is 0 Å². The van der Waals surface area contributed by atoms with Crippen LogP contribution in [0.5, 0.6) is 0 Å². The highest BCUT2D eigenvalue weighted by Gasteiger charge is 2.28. The van der Waals surface area contributed by atoms with E-state index in [-0.39, 0.29) is 11.9 Å². The van der Waals surface area contributed by atoms with E-state index in [4.69, 9.17) is 9.97 Å². The molecular weight excluding hydrogens is 459 g/mol. The molecule has 0 radical (unpaired) electrons. The van der Waals surface area contributed by atoms with E-state index in [9.17, 15) is 9.50 Å². The number of anilines is 3. The van der Waals surface area contributed by atoms with E-state index in [0.717, 1.165) is 42.3 Å². The summed E-state index contributed by atoms with van der Waals surface area (Å²) in [6.45, 7) is 1.36. The first kappa shape index (κ1) is 22.7. The average Bonchev–Trinajstić information content (AvgIpc) is 2.86. The molecule has 4 aromatic rings.